The zero-order valence-corrected chi connectivity index (χ0v) is 12.1. The van der Waals surface area contributed by atoms with Gasteiger partial charge in [0.05, 0.1) is 18.2 Å². The Labute approximate surface area is 129 Å². The van der Waals surface area contributed by atoms with E-state index in [0.717, 1.165) is 17.7 Å². The van der Waals surface area contributed by atoms with E-state index < -0.39 is 0 Å². The first-order valence-electron chi connectivity index (χ1n) is 7.28. The number of hydrogen-bond donors (Lipinski definition) is 1. The summed E-state index contributed by atoms with van der Waals surface area (Å²) in [5, 5.41) is 11.8. The Kier molecular flexibility index (Phi) is 4.06. The van der Waals surface area contributed by atoms with Gasteiger partial charge in [0.2, 0.25) is 0 Å². The van der Waals surface area contributed by atoms with Crippen molar-refractivity contribution >= 4 is 5.91 Å². The lowest BCUT2D eigenvalue weighted by molar-refractivity contribution is 0.0948. The van der Waals surface area contributed by atoms with E-state index in [1.54, 1.807) is 24.3 Å². The number of rotatable bonds is 3. The SMILES string of the molecule is N#Cc1cccc(C(=O)NCC2CCOc3ccccc32)c1. The summed E-state index contributed by atoms with van der Waals surface area (Å²) >= 11 is 0. The number of benzene rings is 2. The highest BCUT2D eigenvalue weighted by Crippen LogP contribution is 2.32. The Morgan fingerprint density at radius 3 is 3.00 bits per heavy atom. The fraction of sp³-hybridized carbons (Fsp3) is 0.222. The lowest BCUT2D eigenvalue weighted by atomic mass is 9.93. The summed E-state index contributed by atoms with van der Waals surface area (Å²) in [6.07, 6.45) is 0.884. The van der Waals surface area contributed by atoms with Crippen LogP contribution in [0.1, 0.15) is 33.8 Å². The molecule has 0 bridgehead atoms. The number of para-hydroxylation sites is 1. The second-order valence-electron chi connectivity index (χ2n) is 5.27. The second-order valence-corrected chi connectivity index (χ2v) is 5.27. The van der Waals surface area contributed by atoms with Crippen molar-refractivity contribution < 1.29 is 9.53 Å². The van der Waals surface area contributed by atoms with Crippen LogP contribution in [0.15, 0.2) is 48.5 Å². The van der Waals surface area contributed by atoms with Crippen LogP contribution < -0.4 is 10.1 Å². The van der Waals surface area contributed by atoms with Gasteiger partial charge in [-0.25, -0.2) is 0 Å². The van der Waals surface area contributed by atoms with Crippen LogP contribution in [-0.4, -0.2) is 19.1 Å². The normalized spacial score (nSPS) is 16.0. The Morgan fingerprint density at radius 1 is 1.27 bits per heavy atom. The summed E-state index contributed by atoms with van der Waals surface area (Å²) in [5.74, 6) is 1.01. The highest BCUT2D eigenvalue weighted by atomic mass is 16.5. The molecule has 0 saturated carbocycles. The first kappa shape index (κ1) is 14.2. The average molecular weight is 292 g/mol. The van der Waals surface area contributed by atoms with Crippen molar-refractivity contribution in [3.8, 4) is 11.8 Å². The molecule has 1 aliphatic rings. The van der Waals surface area contributed by atoms with Gasteiger partial charge < -0.3 is 10.1 Å². The van der Waals surface area contributed by atoms with E-state index in [2.05, 4.69) is 5.32 Å². The summed E-state index contributed by atoms with van der Waals surface area (Å²) < 4.78 is 5.63. The fourth-order valence-electron chi connectivity index (χ4n) is 2.68. The summed E-state index contributed by atoms with van der Waals surface area (Å²) in [6.45, 7) is 1.23. The number of nitrogens with one attached hydrogen (secondary N) is 1. The van der Waals surface area contributed by atoms with Gasteiger partial charge in [-0.2, -0.15) is 5.26 Å². The minimum atomic E-state index is -0.152. The standard InChI is InChI=1S/C18H16N2O2/c19-11-13-4-3-5-14(10-13)18(21)20-12-15-8-9-22-17-7-2-1-6-16(15)17/h1-7,10,15H,8-9,12H2,(H,20,21). The Hall–Kier alpha value is -2.80. The van der Waals surface area contributed by atoms with Crippen molar-refractivity contribution in [1.82, 2.24) is 5.32 Å². The molecule has 0 fully saturated rings. The van der Waals surface area contributed by atoms with Crippen molar-refractivity contribution in [1.29, 1.82) is 5.26 Å². The van der Waals surface area contributed by atoms with Crippen LogP contribution in [0.4, 0.5) is 0 Å². The summed E-state index contributed by atoms with van der Waals surface area (Å²) in [6, 6.07) is 16.7. The van der Waals surface area contributed by atoms with Gasteiger partial charge in [-0.3, -0.25) is 4.79 Å². The molecule has 0 spiro atoms. The van der Waals surface area contributed by atoms with E-state index >= 15 is 0 Å². The molecular weight excluding hydrogens is 276 g/mol. The lowest BCUT2D eigenvalue weighted by Crippen LogP contribution is -2.30. The number of carbonyl (C=O) groups is 1. The van der Waals surface area contributed by atoms with Crippen LogP contribution in [0, 0.1) is 11.3 Å². The smallest absolute Gasteiger partial charge is 0.251 e. The van der Waals surface area contributed by atoms with E-state index in [0.29, 0.717) is 24.3 Å². The lowest BCUT2D eigenvalue weighted by Gasteiger charge is -2.26. The van der Waals surface area contributed by atoms with Crippen LogP contribution in [-0.2, 0) is 0 Å². The van der Waals surface area contributed by atoms with Crippen molar-refractivity contribution in [3.63, 3.8) is 0 Å². The van der Waals surface area contributed by atoms with Crippen LogP contribution >= 0.6 is 0 Å². The molecule has 2 aromatic rings. The maximum atomic E-state index is 12.2. The summed E-state index contributed by atoms with van der Waals surface area (Å²) in [5.41, 5.74) is 2.14. The maximum Gasteiger partial charge on any atom is 0.251 e. The van der Waals surface area contributed by atoms with E-state index in [-0.39, 0.29) is 11.8 Å². The Bertz CT molecular complexity index is 734. The van der Waals surface area contributed by atoms with Gasteiger partial charge in [0.15, 0.2) is 0 Å². The van der Waals surface area contributed by atoms with Crippen LogP contribution in [0.3, 0.4) is 0 Å². The number of carbonyl (C=O) groups excluding carboxylic acids is 1. The molecule has 4 nitrogen and oxygen atoms in total. The fourth-order valence-corrected chi connectivity index (χ4v) is 2.68. The molecule has 1 aliphatic heterocycles. The number of nitriles is 1. The van der Waals surface area contributed by atoms with E-state index in [1.165, 1.54) is 0 Å². The molecule has 1 N–H and O–H groups in total. The third kappa shape index (κ3) is 2.94. The molecule has 0 aromatic heterocycles. The van der Waals surface area contributed by atoms with Crippen molar-refractivity contribution in [2.45, 2.75) is 12.3 Å². The first-order valence-corrected chi connectivity index (χ1v) is 7.28. The quantitative estimate of drug-likeness (QED) is 0.946. The minimum absolute atomic E-state index is 0.152. The molecule has 110 valence electrons. The molecule has 1 unspecified atom stereocenters. The monoisotopic (exact) mass is 292 g/mol. The number of ether oxygens (including phenoxy) is 1. The zero-order valence-electron chi connectivity index (χ0n) is 12.1. The molecule has 22 heavy (non-hydrogen) atoms. The zero-order chi connectivity index (χ0) is 15.4. The number of fused-ring (bicyclic) bond motifs is 1. The molecule has 3 rings (SSSR count). The summed E-state index contributed by atoms with van der Waals surface area (Å²) in [4.78, 5) is 12.2. The molecule has 2 aromatic carbocycles. The molecule has 1 amide bonds. The van der Waals surface area contributed by atoms with Crippen LogP contribution in [0.5, 0.6) is 5.75 Å². The maximum absolute atomic E-state index is 12.2. The molecule has 4 heteroatoms. The minimum Gasteiger partial charge on any atom is -0.493 e. The van der Waals surface area contributed by atoms with E-state index in [4.69, 9.17) is 10.00 Å². The van der Waals surface area contributed by atoms with Gasteiger partial charge in [0, 0.05) is 18.0 Å². The highest BCUT2D eigenvalue weighted by Gasteiger charge is 2.21. The van der Waals surface area contributed by atoms with Gasteiger partial charge in [0.1, 0.15) is 5.75 Å². The van der Waals surface area contributed by atoms with Crippen molar-refractivity contribution in [3.05, 3.63) is 65.2 Å². The summed E-state index contributed by atoms with van der Waals surface area (Å²) in [7, 11) is 0. The number of amides is 1. The van der Waals surface area contributed by atoms with Gasteiger partial charge in [0.25, 0.3) is 5.91 Å². The van der Waals surface area contributed by atoms with Gasteiger partial charge in [-0.1, -0.05) is 24.3 Å². The van der Waals surface area contributed by atoms with E-state index in [1.807, 2.05) is 30.3 Å². The number of hydrogen-bond acceptors (Lipinski definition) is 3. The second kappa shape index (κ2) is 6.31. The molecular formula is C18H16N2O2. The van der Waals surface area contributed by atoms with Crippen molar-refractivity contribution in [2.24, 2.45) is 0 Å². The third-order valence-electron chi connectivity index (χ3n) is 3.85. The molecule has 0 saturated heterocycles. The van der Waals surface area contributed by atoms with Crippen molar-refractivity contribution in [2.75, 3.05) is 13.2 Å². The topological polar surface area (TPSA) is 62.1 Å². The molecule has 0 aliphatic carbocycles. The van der Waals surface area contributed by atoms with Gasteiger partial charge in [-0.15, -0.1) is 0 Å². The molecule has 1 atom stereocenters. The molecule has 1 heterocycles. The van der Waals surface area contributed by atoms with E-state index in [9.17, 15) is 4.79 Å². The molecule has 0 radical (unpaired) electrons. The van der Waals surface area contributed by atoms with Crippen LogP contribution in [0.2, 0.25) is 0 Å². The number of nitrogens with zero attached hydrogens (tertiary/aromatic N) is 1. The Morgan fingerprint density at radius 2 is 2.14 bits per heavy atom. The Balaban J connectivity index is 1.68. The average Bonchev–Trinajstić information content (AvgIpc) is 2.59. The first-order chi connectivity index (χ1) is 10.8. The van der Waals surface area contributed by atoms with Gasteiger partial charge in [-0.05, 0) is 36.2 Å². The predicted octanol–water partition coefficient (Wildman–Crippen LogP) is 2.85. The van der Waals surface area contributed by atoms with Gasteiger partial charge >= 0.3 is 0 Å². The predicted molar refractivity (Wildman–Crippen MR) is 82.8 cm³/mol. The highest BCUT2D eigenvalue weighted by molar-refractivity contribution is 5.94. The third-order valence-corrected chi connectivity index (χ3v) is 3.85. The largest absolute Gasteiger partial charge is 0.493 e. The van der Waals surface area contributed by atoms with Crippen LogP contribution in [0.25, 0.3) is 0 Å².